The quantitative estimate of drug-likeness (QED) is 0.835. The molecular formula is C20H24N2O3. The SMILES string of the molecule is COc1ccccc1OCCC(=O)Nc1ccccc1N1CCCC1. The molecule has 1 saturated heterocycles. The smallest absolute Gasteiger partial charge is 0.227 e. The monoisotopic (exact) mass is 340 g/mol. The highest BCUT2D eigenvalue weighted by atomic mass is 16.5. The lowest BCUT2D eigenvalue weighted by molar-refractivity contribution is -0.116. The van der Waals surface area contributed by atoms with E-state index in [0.29, 0.717) is 18.1 Å². The van der Waals surface area contributed by atoms with E-state index in [0.717, 1.165) is 24.5 Å². The van der Waals surface area contributed by atoms with Gasteiger partial charge < -0.3 is 19.7 Å². The van der Waals surface area contributed by atoms with Gasteiger partial charge in [0.2, 0.25) is 5.91 Å². The van der Waals surface area contributed by atoms with E-state index >= 15 is 0 Å². The first-order chi connectivity index (χ1) is 12.3. The van der Waals surface area contributed by atoms with Crippen LogP contribution in [0.4, 0.5) is 11.4 Å². The third-order valence-electron chi connectivity index (χ3n) is 4.28. The van der Waals surface area contributed by atoms with Gasteiger partial charge in [-0.25, -0.2) is 0 Å². The van der Waals surface area contributed by atoms with E-state index in [4.69, 9.17) is 9.47 Å². The van der Waals surface area contributed by atoms with Crippen molar-refractivity contribution in [2.45, 2.75) is 19.3 Å². The van der Waals surface area contributed by atoms with Crippen LogP contribution in [0.25, 0.3) is 0 Å². The summed E-state index contributed by atoms with van der Waals surface area (Å²) in [6, 6.07) is 15.4. The normalized spacial score (nSPS) is 13.6. The van der Waals surface area contributed by atoms with Crippen molar-refractivity contribution >= 4 is 17.3 Å². The zero-order valence-corrected chi connectivity index (χ0v) is 14.5. The number of methoxy groups -OCH3 is 1. The van der Waals surface area contributed by atoms with Gasteiger partial charge in [-0.3, -0.25) is 4.79 Å². The Bertz CT molecular complexity index is 712. The number of hydrogen-bond donors (Lipinski definition) is 1. The zero-order valence-electron chi connectivity index (χ0n) is 14.5. The van der Waals surface area contributed by atoms with Gasteiger partial charge in [-0.15, -0.1) is 0 Å². The molecule has 25 heavy (non-hydrogen) atoms. The molecule has 5 heteroatoms. The van der Waals surface area contributed by atoms with Crippen molar-refractivity contribution in [3.8, 4) is 11.5 Å². The molecule has 0 aromatic heterocycles. The fourth-order valence-corrected chi connectivity index (χ4v) is 3.02. The predicted octanol–water partition coefficient (Wildman–Crippen LogP) is 3.70. The van der Waals surface area contributed by atoms with Crippen LogP contribution >= 0.6 is 0 Å². The summed E-state index contributed by atoms with van der Waals surface area (Å²) in [6.07, 6.45) is 2.69. The number of nitrogens with one attached hydrogen (secondary N) is 1. The van der Waals surface area contributed by atoms with E-state index in [1.54, 1.807) is 7.11 Å². The summed E-state index contributed by atoms with van der Waals surface area (Å²) in [7, 11) is 1.60. The molecule has 5 nitrogen and oxygen atoms in total. The highest BCUT2D eigenvalue weighted by Crippen LogP contribution is 2.29. The van der Waals surface area contributed by atoms with Crippen LogP contribution in [0.2, 0.25) is 0 Å². The van der Waals surface area contributed by atoms with Gasteiger partial charge in [0.15, 0.2) is 11.5 Å². The third kappa shape index (κ3) is 4.44. The molecule has 2 aromatic rings. The Morgan fingerprint density at radius 1 is 1.04 bits per heavy atom. The molecule has 1 aliphatic heterocycles. The molecule has 1 amide bonds. The van der Waals surface area contributed by atoms with E-state index in [2.05, 4.69) is 16.3 Å². The van der Waals surface area contributed by atoms with Crippen molar-refractivity contribution in [3.63, 3.8) is 0 Å². The Morgan fingerprint density at radius 2 is 1.72 bits per heavy atom. The van der Waals surface area contributed by atoms with Gasteiger partial charge in [0.05, 0.1) is 31.5 Å². The molecule has 2 aromatic carbocycles. The zero-order chi connectivity index (χ0) is 17.5. The topological polar surface area (TPSA) is 50.8 Å². The Balaban J connectivity index is 1.55. The fourth-order valence-electron chi connectivity index (χ4n) is 3.02. The largest absolute Gasteiger partial charge is 0.493 e. The molecule has 132 valence electrons. The maximum atomic E-state index is 12.3. The molecule has 1 fully saturated rings. The molecule has 0 saturated carbocycles. The van der Waals surface area contributed by atoms with Crippen molar-refractivity contribution in [2.24, 2.45) is 0 Å². The summed E-state index contributed by atoms with van der Waals surface area (Å²) in [5.74, 6) is 1.26. The molecule has 0 aliphatic carbocycles. The van der Waals surface area contributed by atoms with E-state index in [9.17, 15) is 4.79 Å². The second kappa shape index (κ2) is 8.42. The third-order valence-corrected chi connectivity index (χ3v) is 4.28. The first-order valence-electron chi connectivity index (χ1n) is 8.67. The second-order valence-electron chi connectivity index (χ2n) is 6.01. The maximum Gasteiger partial charge on any atom is 0.227 e. The van der Waals surface area contributed by atoms with E-state index in [-0.39, 0.29) is 12.3 Å². The molecule has 1 N–H and O–H groups in total. The van der Waals surface area contributed by atoms with Crippen molar-refractivity contribution in [1.82, 2.24) is 0 Å². The molecule has 0 radical (unpaired) electrons. The summed E-state index contributed by atoms with van der Waals surface area (Å²) in [6.45, 7) is 2.39. The summed E-state index contributed by atoms with van der Waals surface area (Å²) in [4.78, 5) is 14.6. The van der Waals surface area contributed by atoms with E-state index in [1.165, 1.54) is 12.8 Å². The molecule has 1 heterocycles. The van der Waals surface area contributed by atoms with E-state index < -0.39 is 0 Å². The van der Waals surface area contributed by atoms with Crippen molar-refractivity contribution in [3.05, 3.63) is 48.5 Å². The molecule has 1 aliphatic rings. The van der Waals surface area contributed by atoms with Crippen molar-refractivity contribution < 1.29 is 14.3 Å². The Morgan fingerprint density at radius 3 is 2.48 bits per heavy atom. The second-order valence-corrected chi connectivity index (χ2v) is 6.01. The van der Waals surface area contributed by atoms with Gasteiger partial charge in [-0.05, 0) is 37.1 Å². The van der Waals surface area contributed by atoms with Crippen LogP contribution in [0, 0.1) is 0 Å². The van der Waals surface area contributed by atoms with Crippen LogP contribution < -0.4 is 19.7 Å². The number of benzene rings is 2. The molecule has 3 rings (SSSR count). The number of nitrogens with zero attached hydrogens (tertiary/aromatic N) is 1. The van der Waals surface area contributed by atoms with Crippen LogP contribution in [0.1, 0.15) is 19.3 Å². The number of amides is 1. The average molecular weight is 340 g/mol. The number of ether oxygens (including phenoxy) is 2. The molecular weight excluding hydrogens is 316 g/mol. The van der Waals surface area contributed by atoms with E-state index in [1.807, 2.05) is 42.5 Å². The lowest BCUT2D eigenvalue weighted by atomic mass is 10.2. The van der Waals surface area contributed by atoms with Crippen molar-refractivity contribution in [1.29, 1.82) is 0 Å². The summed E-state index contributed by atoms with van der Waals surface area (Å²) < 4.78 is 10.9. The average Bonchev–Trinajstić information content (AvgIpc) is 3.17. The summed E-state index contributed by atoms with van der Waals surface area (Å²) in [5, 5.41) is 3.01. The molecule has 0 bridgehead atoms. The highest BCUT2D eigenvalue weighted by Gasteiger charge is 2.16. The minimum Gasteiger partial charge on any atom is -0.493 e. The van der Waals surface area contributed by atoms with Crippen LogP contribution in [0.15, 0.2) is 48.5 Å². The van der Waals surface area contributed by atoms with Crippen LogP contribution in [0.5, 0.6) is 11.5 Å². The molecule has 0 atom stereocenters. The van der Waals surface area contributed by atoms with Gasteiger partial charge in [0.1, 0.15) is 0 Å². The lowest BCUT2D eigenvalue weighted by Crippen LogP contribution is -2.21. The highest BCUT2D eigenvalue weighted by molar-refractivity contribution is 5.94. The number of rotatable bonds is 7. The maximum absolute atomic E-state index is 12.3. The molecule has 0 unspecified atom stereocenters. The predicted molar refractivity (Wildman–Crippen MR) is 99.6 cm³/mol. The standard InChI is InChI=1S/C20H24N2O3/c1-24-18-10-4-5-11-19(18)25-15-12-20(23)21-16-8-2-3-9-17(16)22-13-6-7-14-22/h2-5,8-11H,6-7,12-15H2,1H3,(H,21,23). The van der Waals surface area contributed by atoms with Gasteiger partial charge in [0, 0.05) is 13.1 Å². The van der Waals surface area contributed by atoms with Crippen LogP contribution in [0.3, 0.4) is 0 Å². The summed E-state index contributed by atoms with van der Waals surface area (Å²) >= 11 is 0. The first kappa shape index (κ1) is 17.1. The number of carbonyl (C=O) groups is 1. The first-order valence-corrected chi connectivity index (χ1v) is 8.67. The number of hydrogen-bond acceptors (Lipinski definition) is 4. The van der Waals surface area contributed by atoms with Gasteiger partial charge in [0.25, 0.3) is 0 Å². The lowest BCUT2D eigenvalue weighted by Gasteiger charge is -2.21. The summed E-state index contributed by atoms with van der Waals surface area (Å²) in [5.41, 5.74) is 1.96. The molecule has 0 spiro atoms. The van der Waals surface area contributed by atoms with Crippen LogP contribution in [-0.4, -0.2) is 32.7 Å². The minimum atomic E-state index is -0.0541. The van der Waals surface area contributed by atoms with Crippen LogP contribution in [-0.2, 0) is 4.79 Å². The minimum absolute atomic E-state index is 0.0541. The number of anilines is 2. The Kier molecular flexibility index (Phi) is 5.77. The van der Waals surface area contributed by atoms with Gasteiger partial charge in [-0.2, -0.15) is 0 Å². The fraction of sp³-hybridized carbons (Fsp3) is 0.350. The number of para-hydroxylation sites is 4. The Labute approximate surface area is 148 Å². The number of carbonyl (C=O) groups excluding carboxylic acids is 1. The Hall–Kier alpha value is -2.69. The van der Waals surface area contributed by atoms with Crippen molar-refractivity contribution in [2.75, 3.05) is 37.0 Å². The van der Waals surface area contributed by atoms with Gasteiger partial charge >= 0.3 is 0 Å². The van der Waals surface area contributed by atoms with Gasteiger partial charge in [-0.1, -0.05) is 24.3 Å².